The molecule has 0 bridgehead atoms. The number of nitrogens with one attached hydrogen (secondary N) is 1. The zero-order valence-corrected chi connectivity index (χ0v) is 18.0. The number of halogens is 2. The number of aromatic nitrogens is 2. The maximum absolute atomic E-state index is 14.0. The van der Waals surface area contributed by atoms with E-state index in [0.717, 1.165) is 18.6 Å². The predicted molar refractivity (Wildman–Crippen MR) is 115 cm³/mol. The zero-order valence-electron chi connectivity index (χ0n) is 18.0. The van der Waals surface area contributed by atoms with Crippen molar-refractivity contribution in [3.8, 4) is 5.75 Å². The second kappa shape index (κ2) is 9.16. The summed E-state index contributed by atoms with van der Waals surface area (Å²) in [6, 6.07) is 3.10. The lowest BCUT2D eigenvalue weighted by molar-refractivity contribution is -0.118. The first kappa shape index (κ1) is 22.1. The van der Waals surface area contributed by atoms with Crippen LogP contribution in [0.25, 0.3) is 0 Å². The second-order valence-corrected chi connectivity index (χ2v) is 8.21. The molecule has 0 radical (unpaired) electrons. The Balaban J connectivity index is 1.52. The van der Waals surface area contributed by atoms with E-state index in [0.29, 0.717) is 23.7 Å². The predicted octanol–water partition coefficient (Wildman–Crippen LogP) is 4.37. The van der Waals surface area contributed by atoms with E-state index in [1.54, 1.807) is 20.2 Å². The molecule has 1 N–H and O–H groups in total. The van der Waals surface area contributed by atoms with Gasteiger partial charge in [0.15, 0.2) is 5.75 Å². The number of hydrogen-bond acceptors (Lipinski definition) is 5. The maximum Gasteiger partial charge on any atom is 0.228 e. The number of carbonyl (C=O) groups excluding carboxylic acids is 1. The third kappa shape index (κ3) is 4.55. The van der Waals surface area contributed by atoms with Crippen LogP contribution in [0.15, 0.2) is 48.7 Å². The molecular weight excluding hydrogens is 416 g/mol. The highest BCUT2D eigenvalue weighted by Crippen LogP contribution is 2.60. The summed E-state index contributed by atoms with van der Waals surface area (Å²) >= 11 is 0. The van der Waals surface area contributed by atoms with Crippen LogP contribution in [0.5, 0.6) is 5.75 Å². The Hall–Kier alpha value is -3.13. The number of nitrogens with zero attached hydrogens (tertiary/aromatic N) is 2. The Morgan fingerprint density at radius 3 is 2.88 bits per heavy atom. The van der Waals surface area contributed by atoms with E-state index in [1.165, 1.54) is 6.07 Å². The van der Waals surface area contributed by atoms with Crippen LogP contribution in [0.2, 0.25) is 0 Å². The fourth-order valence-electron chi connectivity index (χ4n) is 4.25. The van der Waals surface area contributed by atoms with Crippen molar-refractivity contribution in [2.75, 3.05) is 19.0 Å². The van der Waals surface area contributed by atoms with E-state index in [9.17, 15) is 13.6 Å². The molecule has 32 heavy (non-hydrogen) atoms. The van der Waals surface area contributed by atoms with Crippen LogP contribution >= 0.6 is 0 Å². The minimum absolute atomic E-state index is 0.0356. The molecule has 168 valence electrons. The first-order valence-corrected chi connectivity index (χ1v) is 10.5. The lowest BCUT2D eigenvalue weighted by Crippen LogP contribution is -2.29. The number of ether oxygens (including phenoxy) is 2. The first-order chi connectivity index (χ1) is 15.4. The molecule has 2 aromatic rings. The number of anilines is 1. The van der Waals surface area contributed by atoms with E-state index < -0.39 is 17.0 Å². The topological polar surface area (TPSA) is 73.3 Å². The normalized spacial score (nSPS) is 23.8. The monoisotopic (exact) mass is 441 g/mol. The molecule has 1 heterocycles. The molecule has 1 aromatic heterocycles. The van der Waals surface area contributed by atoms with Gasteiger partial charge < -0.3 is 14.8 Å². The molecule has 4 rings (SSSR count). The largest absolute Gasteiger partial charge is 0.489 e. The van der Waals surface area contributed by atoms with Gasteiger partial charge in [-0.3, -0.25) is 4.79 Å². The maximum atomic E-state index is 14.0. The van der Waals surface area contributed by atoms with Gasteiger partial charge >= 0.3 is 0 Å². The van der Waals surface area contributed by atoms with Crippen molar-refractivity contribution in [2.24, 2.45) is 17.3 Å². The Kier molecular flexibility index (Phi) is 6.32. The number of hydrogen-bond donors (Lipinski definition) is 1. The van der Waals surface area contributed by atoms with Crippen molar-refractivity contribution < 1.29 is 23.0 Å². The van der Waals surface area contributed by atoms with Gasteiger partial charge in [0, 0.05) is 24.5 Å². The van der Waals surface area contributed by atoms with Gasteiger partial charge in [0.1, 0.15) is 23.2 Å². The number of aryl methyl sites for hydroxylation is 1. The quantitative estimate of drug-likeness (QED) is 0.659. The van der Waals surface area contributed by atoms with Crippen molar-refractivity contribution in [3.63, 3.8) is 0 Å². The van der Waals surface area contributed by atoms with Crippen LogP contribution in [0.4, 0.5) is 14.5 Å². The number of rotatable bonds is 8. The van der Waals surface area contributed by atoms with Crippen molar-refractivity contribution in [3.05, 3.63) is 71.9 Å². The van der Waals surface area contributed by atoms with Crippen LogP contribution in [0.3, 0.4) is 0 Å². The minimum atomic E-state index is -0.803. The van der Waals surface area contributed by atoms with Gasteiger partial charge in [-0.25, -0.2) is 18.7 Å². The summed E-state index contributed by atoms with van der Waals surface area (Å²) in [5, 5.41) is 2.61. The molecule has 0 saturated heterocycles. The highest BCUT2D eigenvalue weighted by molar-refractivity contribution is 5.95. The van der Waals surface area contributed by atoms with E-state index in [-0.39, 0.29) is 36.6 Å². The van der Waals surface area contributed by atoms with Gasteiger partial charge in [0.25, 0.3) is 0 Å². The molecule has 1 aromatic carbocycles. The third-order valence-electron chi connectivity index (χ3n) is 6.07. The van der Waals surface area contributed by atoms with Crippen molar-refractivity contribution in [1.29, 1.82) is 0 Å². The standard InChI is InChI=1S/C24H25F2N3O3/c1-15-27-12-22(21(28-15)13-31-2)32-14-24(16-6-4-3-5-7-16)11-18(24)23(30)29-20-9-8-17(25)10-19(20)26/h3-6,8-10,12,16,18H,7,11,13-14H2,1-2H3,(H,29,30)/t16?,18-,24+/m0/s1. The number of carbonyl (C=O) groups is 1. The molecule has 1 fully saturated rings. The van der Waals surface area contributed by atoms with Gasteiger partial charge in [-0.15, -0.1) is 0 Å². The van der Waals surface area contributed by atoms with Crippen LogP contribution in [-0.4, -0.2) is 29.6 Å². The average molecular weight is 441 g/mol. The van der Waals surface area contributed by atoms with Crippen LogP contribution in [-0.2, 0) is 16.1 Å². The summed E-state index contributed by atoms with van der Waals surface area (Å²) in [5.74, 6) is -0.946. The van der Waals surface area contributed by atoms with E-state index in [1.807, 2.05) is 12.2 Å². The minimum Gasteiger partial charge on any atom is -0.489 e. The van der Waals surface area contributed by atoms with Gasteiger partial charge in [-0.2, -0.15) is 0 Å². The Labute approximate surface area is 185 Å². The molecule has 0 aliphatic heterocycles. The number of methoxy groups -OCH3 is 1. The Bertz CT molecular complexity index is 1070. The summed E-state index contributed by atoms with van der Waals surface area (Å²) in [5.41, 5.74) is 0.160. The molecule has 6 nitrogen and oxygen atoms in total. The molecule has 0 spiro atoms. The third-order valence-corrected chi connectivity index (χ3v) is 6.07. The molecule has 2 aliphatic carbocycles. The summed E-state index contributed by atoms with van der Waals surface area (Å²) in [4.78, 5) is 21.6. The molecule has 1 saturated carbocycles. The Morgan fingerprint density at radius 1 is 1.31 bits per heavy atom. The number of benzene rings is 1. The van der Waals surface area contributed by atoms with E-state index in [4.69, 9.17) is 9.47 Å². The number of amides is 1. The molecular formula is C24H25F2N3O3. The molecule has 1 amide bonds. The fraction of sp³-hybridized carbons (Fsp3) is 0.375. The van der Waals surface area contributed by atoms with Gasteiger partial charge in [0.2, 0.25) is 5.91 Å². The van der Waals surface area contributed by atoms with Crippen LogP contribution in [0.1, 0.15) is 24.4 Å². The summed E-state index contributed by atoms with van der Waals surface area (Å²) in [7, 11) is 1.58. The second-order valence-electron chi connectivity index (χ2n) is 8.21. The molecule has 2 aliphatic rings. The van der Waals surface area contributed by atoms with Crippen LogP contribution < -0.4 is 10.1 Å². The average Bonchev–Trinajstić information content (AvgIpc) is 3.52. The number of allylic oxidation sites excluding steroid dienone is 4. The summed E-state index contributed by atoms with van der Waals surface area (Å²) < 4.78 is 38.6. The fourth-order valence-corrected chi connectivity index (χ4v) is 4.25. The van der Waals surface area contributed by atoms with Gasteiger partial charge in [-0.1, -0.05) is 24.3 Å². The molecule has 8 heteroatoms. The Morgan fingerprint density at radius 2 is 2.16 bits per heavy atom. The highest BCUT2D eigenvalue weighted by atomic mass is 19.1. The van der Waals surface area contributed by atoms with Gasteiger partial charge in [-0.05, 0) is 37.8 Å². The van der Waals surface area contributed by atoms with Crippen molar-refractivity contribution in [1.82, 2.24) is 9.97 Å². The highest BCUT2D eigenvalue weighted by Gasteiger charge is 2.62. The smallest absolute Gasteiger partial charge is 0.228 e. The zero-order chi connectivity index (χ0) is 22.7. The van der Waals surface area contributed by atoms with E-state index >= 15 is 0 Å². The first-order valence-electron chi connectivity index (χ1n) is 10.5. The van der Waals surface area contributed by atoms with Gasteiger partial charge in [0.05, 0.1) is 25.1 Å². The summed E-state index contributed by atoms with van der Waals surface area (Å²) in [6.07, 6.45) is 11.1. The lowest BCUT2D eigenvalue weighted by Gasteiger charge is -2.27. The molecule has 3 atom stereocenters. The van der Waals surface area contributed by atoms with E-state index in [2.05, 4.69) is 27.4 Å². The molecule has 1 unspecified atom stereocenters. The van der Waals surface area contributed by atoms with Crippen LogP contribution in [0, 0.1) is 35.8 Å². The summed E-state index contributed by atoms with van der Waals surface area (Å²) in [6.45, 7) is 2.36. The van der Waals surface area contributed by atoms with Crippen molar-refractivity contribution >= 4 is 11.6 Å². The SMILES string of the molecule is COCc1nc(C)ncc1OC[C@@]1(C2C=CC=CC2)C[C@H]1C(=O)Nc1ccc(F)cc1F. The van der Waals surface area contributed by atoms with Crippen molar-refractivity contribution in [2.45, 2.75) is 26.4 Å². The lowest BCUT2D eigenvalue weighted by atomic mass is 9.82.